The van der Waals surface area contributed by atoms with Gasteiger partial charge in [-0.05, 0) is 49.7 Å². The second-order valence-corrected chi connectivity index (χ2v) is 7.05. The Hall–Kier alpha value is -2.66. The van der Waals surface area contributed by atoms with Crippen molar-refractivity contribution < 1.29 is 32.2 Å². The zero-order chi connectivity index (χ0) is 22.4. The Bertz CT molecular complexity index is 864. The van der Waals surface area contributed by atoms with Gasteiger partial charge in [0.1, 0.15) is 5.60 Å². The van der Waals surface area contributed by atoms with Crippen molar-refractivity contribution in [3.63, 3.8) is 0 Å². The van der Waals surface area contributed by atoms with Gasteiger partial charge in [-0.25, -0.2) is 4.79 Å². The molecule has 0 aliphatic carbocycles. The number of nitrogens with one attached hydrogen (secondary N) is 1. The van der Waals surface area contributed by atoms with Gasteiger partial charge in [-0.3, -0.25) is 0 Å². The Morgan fingerprint density at radius 3 is 2.40 bits per heavy atom. The van der Waals surface area contributed by atoms with Crippen molar-refractivity contribution in [1.29, 1.82) is 0 Å². The molecular weight excluding hydrogens is 429 g/mol. The summed E-state index contributed by atoms with van der Waals surface area (Å²) >= 11 is 5.70. The molecule has 1 aromatic heterocycles. The van der Waals surface area contributed by atoms with Crippen molar-refractivity contribution in [3.05, 3.63) is 35.1 Å². The highest BCUT2D eigenvalue weighted by Gasteiger charge is 2.29. The van der Waals surface area contributed by atoms with Crippen molar-refractivity contribution in [2.24, 2.45) is 0 Å². The van der Waals surface area contributed by atoms with Crippen LogP contribution in [0.3, 0.4) is 0 Å². The van der Waals surface area contributed by atoms with Gasteiger partial charge in [-0.15, -0.1) is 0 Å². The van der Waals surface area contributed by atoms with Crippen LogP contribution in [0, 0.1) is 0 Å². The number of aromatic nitrogens is 3. The molecular formula is C18H20ClF3N4O4. The molecule has 0 bridgehead atoms. The number of esters is 1. The van der Waals surface area contributed by atoms with Gasteiger partial charge >= 0.3 is 18.2 Å². The minimum atomic E-state index is -4.55. The summed E-state index contributed by atoms with van der Waals surface area (Å²) < 4.78 is 51.7. The number of hydrogen-bond acceptors (Lipinski definition) is 8. The van der Waals surface area contributed by atoms with E-state index in [1.807, 2.05) is 0 Å². The van der Waals surface area contributed by atoms with Gasteiger partial charge in [0.05, 0.1) is 5.56 Å². The number of benzene rings is 1. The van der Waals surface area contributed by atoms with E-state index in [9.17, 15) is 18.0 Å². The molecule has 0 atom stereocenters. The lowest BCUT2D eigenvalue weighted by molar-refractivity contribution is -0.154. The Balaban J connectivity index is 2.03. The van der Waals surface area contributed by atoms with Gasteiger partial charge in [0.25, 0.3) is 0 Å². The molecule has 8 nitrogen and oxygen atoms in total. The third-order valence-electron chi connectivity index (χ3n) is 3.61. The normalized spacial score (nSPS) is 11.8. The summed E-state index contributed by atoms with van der Waals surface area (Å²) in [5.74, 6) is -0.628. The van der Waals surface area contributed by atoms with Gasteiger partial charge in [-0.2, -0.15) is 28.1 Å². The van der Waals surface area contributed by atoms with Crippen LogP contribution in [0.2, 0.25) is 5.28 Å². The molecule has 0 fully saturated rings. The predicted molar refractivity (Wildman–Crippen MR) is 102 cm³/mol. The monoisotopic (exact) mass is 448 g/mol. The number of carbonyl (C=O) groups is 1. The fourth-order valence-corrected chi connectivity index (χ4v) is 2.28. The van der Waals surface area contributed by atoms with Crippen LogP contribution in [0.5, 0.6) is 6.01 Å². The number of anilines is 2. The van der Waals surface area contributed by atoms with E-state index in [0.717, 1.165) is 0 Å². The molecule has 0 aliphatic heterocycles. The lowest BCUT2D eigenvalue weighted by Gasteiger charge is -2.24. The van der Waals surface area contributed by atoms with Crippen LogP contribution in [-0.2, 0) is 9.47 Å². The Morgan fingerprint density at radius 1 is 1.13 bits per heavy atom. The summed E-state index contributed by atoms with van der Waals surface area (Å²) in [5, 5.41) is 2.40. The number of carbonyl (C=O) groups excluding carboxylic acids is 1. The third kappa shape index (κ3) is 7.99. The molecule has 0 saturated heterocycles. The van der Waals surface area contributed by atoms with Gasteiger partial charge in [0, 0.05) is 25.8 Å². The van der Waals surface area contributed by atoms with Gasteiger partial charge < -0.3 is 19.5 Å². The van der Waals surface area contributed by atoms with Crippen LogP contribution >= 0.6 is 11.6 Å². The number of halogens is 4. The van der Waals surface area contributed by atoms with Crippen LogP contribution in [0.1, 0.15) is 30.6 Å². The summed E-state index contributed by atoms with van der Waals surface area (Å²) in [4.78, 5) is 23.3. The van der Waals surface area contributed by atoms with Crippen molar-refractivity contribution in [1.82, 2.24) is 15.0 Å². The smallest absolute Gasteiger partial charge is 0.422 e. The van der Waals surface area contributed by atoms with E-state index in [2.05, 4.69) is 25.0 Å². The lowest BCUT2D eigenvalue weighted by atomic mass is 10.1. The minimum Gasteiger partial charge on any atom is -0.456 e. The standard InChI is InChI=1S/C18H20ClF3N4O4/c1-17(2,8-9-28-3)30-13(27)11-4-6-12(7-5-11)23-15-24-14(19)25-16(26-15)29-10-18(20,21)22/h4-7H,8-10H2,1-3H3,(H,23,24,25,26). The van der Waals surface area contributed by atoms with Gasteiger partial charge in [0.15, 0.2) is 6.61 Å². The number of nitrogens with zero attached hydrogens (tertiary/aromatic N) is 3. The van der Waals surface area contributed by atoms with E-state index in [0.29, 0.717) is 24.3 Å². The van der Waals surface area contributed by atoms with Crippen LogP contribution in [0.4, 0.5) is 24.8 Å². The summed E-state index contributed by atoms with van der Waals surface area (Å²) in [6, 6.07) is 5.55. The molecule has 12 heteroatoms. The number of rotatable bonds is 9. The maximum Gasteiger partial charge on any atom is 0.422 e. The first-order valence-corrected chi connectivity index (χ1v) is 9.06. The third-order valence-corrected chi connectivity index (χ3v) is 3.78. The van der Waals surface area contributed by atoms with Crippen molar-refractivity contribution in [2.75, 3.05) is 25.6 Å². The maximum absolute atomic E-state index is 12.3. The summed E-state index contributed by atoms with van der Waals surface area (Å²) in [7, 11) is 1.56. The van der Waals surface area contributed by atoms with E-state index in [1.54, 1.807) is 33.1 Å². The van der Waals surface area contributed by atoms with E-state index in [-0.39, 0.29) is 11.2 Å². The Morgan fingerprint density at radius 2 is 1.80 bits per heavy atom. The molecule has 0 aliphatic rings. The quantitative estimate of drug-likeness (QED) is 0.571. The zero-order valence-electron chi connectivity index (χ0n) is 16.4. The number of ether oxygens (including phenoxy) is 3. The molecule has 0 unspecified atom stereocenters. The van der Waals surface area contributed by atoms with Crippen LogP contribution in [0.25, 0.3) is 0 Å². The molecule has 1 heterocycles. The van der Waals surface area contributed by atoms with Crippen molar-refractivity contribution >= 4 is 29.2 Å². The highest BCUT2D eigenvalue weighted by Crippen LogP contribution is 2.21. The molecule has 164 valence electrons. The number of methoxy groups -OCH3 is 1. The van der Waals surface area contributed by atoms with E-state index >= 15 is 0 Å². The zero-order valence-corrected chi connectivity index (χ0v) is 17.2. The summed E-state index contributed by atoms with van der Waals surface area (Å²) in [5.41, 5.74) is 0.0708. The lowest BCUT2D eigenvalue weighted by Crippen LogP contribution is -2.29. The average Bonchev–Trinajstić information content (AvgIpc) is 2.64. The molecule has 0 spiro atoms. The topological polar surface area (TPSA) is 95.5 Å². The predicted octanol–water partition coefficient (Wildman–Crippen LogP) is 4.18. The Kier molecular flexibility index (Phi) is 7.79. The first kappa shape index (κ1) is 23.6. The SMILES string of the molecule is COCCC(C)(C)OC(=O)c1ccc(Nc2nc(Cl)nc(OCC(F)(F)F)n2)cc1. The summed E-state index contributed by atoms with van der Waals surface area (Å²) in [6.45, 7) is 2.45. The van der Waals surface area contributed by atoms with E-state index in [4.69, 9.17) is 21.1 Å². The first-order chi connectivity index (χ1) is 14.0. The van der Waals surface area contributed by atoms with Crippen LogP contribution < -0.4 is 10.1 Å². The maximum atomic E-state index is 12.3. The minimum absolute atomic E-state index is 0.122. The van der Waals surface area contributed by atoms with Crippen LogP contribution in [0.15, 0.2) is 24.3 Å². The van der Waals surface area contributed by atoms with Crippen LogP contribution in [-0.4, -0.2) is 53.0 Å². The molecule has 30 heavy (non-hydrogen) atoms. The van der Waals surface area contributed by atoms with Crippen molar-refractivity contribution in [3.8, 4) is 6.01 Å². The fraction of sp³-hybridized carbons (Fsp3) is 0.444. The highest BCUT2D eigenvalue weighted by molar-refractivity contribution is 6.28. The van der Waals surface area contributed by atoms with Crippen molar-refractivity contribution in [2.45, 2.75) is 32.0 Å². The molecule has 0 saturated carbocycles. The highest BCUT2D eigenvalue weighted by atomic mass is 35.5. The molecule has 2 aromatic rings. The summed E-state index contributed by atoms with van der Waals surface area (Å²) in [6.07, 6.45) is -4.01. The van der Waals surface area contributed by atoms with Gasteiger partial charge in [-0.1, -0.05) is 0 Å². The second kappa shape index (κ2) is 9.90. The molecule has 1 aromatic carbocycles. The van der Waals surface area contributed by atoms with Gasteiger partial charge in [0.2, 0.25) is 11.2 Å². The number of alkyl halides is 3. The molecule has 1 N–H and O–H groups in total. The molecule has 0 amide bonds. The molecule has 2 rings (SSSR count). The van der Waals surface area contributed by atoms with E-state index in [1.165, 1.54) is 12.1 Å². The van der Waals surface area contributed by atoms with E-state index < -0.39 is 30.4 Å². The fourth-order valence-electron chi connectivity index (χ4n) is 2.13. The largest absolute Gasteiger partial charge is 0.456 e. The second-order valence-electron chi connectivity index (χ2n) is 6.71. The Labute approximate surface area is 175 Å². The first-order valence-electron chi connectivity index (χ1n) is 8.68. The molecule has 0 radical (unpaired) electrons. The number of hydrogen-bond donors (Lipinski definition) is 1. The average molecular weight is 449 g/mol.